The molecule has 2 aromatic rings. The number of pyridine rings is 1. The lowest BCUT2D eigenvalue weighted by Gasteiger charge is -2.12. The third-order valence-electron chi connectivity index (χ3n) is 2.77. The van der Waals surface area contributed by atoms with Crippen molar-refractivity contribution in [1.29, 1.82) is 0 Å². The molecule has 0 N–H and O–H groups in total. The first-order valence-corrected chi connectivity index (χ1v) is 7.55. The molecule has 0 amide bonds. The molecular weight excluding hydrogens is 272 g/mol. The molecule has 0 aliphatic rings. The molecule has 0 saturated carbocycles. The SMILES string of the molecule is CCCc1ncc(C(=O)OC(C)Cc2cccnc2)s1. The normalized spacial score (nSPS) is 12.1. The zero-order valence-corrected chi connectivity index (χ0v) is 12.5. The van der Waals surface area contributed by atoms with Crippen LogP contribution in [-0.2, 0) is 17.6 Å². The maximum absolute atomic E-state index is 12.0. The lowest BCUT2D eigenvalue weighted by atomic mass is 10.1. The van der Waals surface area contributed by atoms with E-state index in [1.54, 1.807) is 18.6 Å². The highest BCUT2D eigenvalue weighted by molar-refractivity contribution is 7.13. The second-order valence-corrected chi connectivity index (χ2v) is 5.76. The Morgan fingerprint density at radius 3 is 3.00 bits per heavy atom. The standard InChI is InChI=1S/C15H18N2O2S/c1-3-5-14-17-10-13(20-14)15(18)19-11(2)8-12-6-4-7-16-9-12/h4,6-7,9-11H,3,5,8H2,1-2H3. The molecule has 5 heteroatoms. The largest absolute Gasteiger partial charge is 0.458 e. The topological polar surface area (TPSA) is 52.1 Å². The monoisotopic (exact) mass is 290 g/mol. The summed E-state index contributed by atoms with van der Waals surface area (Å²) in [7, 11) is 0. The molecule has 0 saturated heterocycles. The molecule has 1 unspecified atom stereocenters. The zero-order valence-electron chi connectivity index (χ0n) is 11.7. The van der Waals surface area contributed by atoms with Crippen LogP contribution in [-0.4, -0.2) is 22.0 Å². The molecule has 0 aliphatic heterocycles. The fourth-order valence-electron chi connectivity index (χ4n) is 1.87. The van der Waals surface area contributed by atoms with Crippen molar-refractivity contribution in [2.45, 2.75) is 39.2 Å². The molecule has 4 nitrogen and oxygen atoms in total. The molecule has 0 fully saturated rings. The Balaban J connectivity index is 1.90. The second kappa shape index (κ2) is 7.14. The first kappa shape index (κ1) is 14.7. The van der Waals surface area contributed by atoms with E-state index in [0.717, 1.165) is 23.4 Å². The molecule has 1 atom stereocenters. The van der Waals surface area contributed by atoms with Gasteiger partial charge in [-0.1, -0.05) is 13.0 Å². The fraction of sp³-hybridized carbons (Fsp3) is 0.400. The van der Waals surface area contributed by atoms with Crippen molar-refractivity contribution in [2.24, 2.45) is 0 Å². The van der Waals surface area contributed by atoms with Crippen molar-refractivity contribution >= 4 is 17.3 Å². The van der Waals surface area contributed by atoms with E-state index in [1.165, 1.54) is 11.3 Å². The number of thiazole rings is 1. The van der Waals surface area contributed by atoms with Crippen LogP contribution < -0.4 is 0 Å². The molecule has 106 valence electrons. The van der Waals surface area contributed by atoms with Crippen LogP contribution in [0, 0.1) is 0 Å². The van der Waals surface area contributed by atoms with E-state index in [9.17, 15) is 4.79 Å². The smallest absolute Gasteiger partial charge is 0.350 e. The third kappa shape index (κ3) is 4.13. The maximum Gasteiger partial charge on any atom is 0.350 e. The second-order valence-electron chi connectivity index (χ2n) is 4.65. The maximum atomic E-state index is 12.0. The summed E-state index contributed by atoms with van der Waals surface area (Å²) in [6, 6.07) is 3.85. The first-order chi connectivity index (χ1) is 9.69. The first-order valence-electron chi connectivity index (χ1n) is 6.73. The minimum atomic E-state index is -0.291. The Labute approximate surface area is 122 Å². The molecule has 0 aliphatic carbocycles. The predicted molar refractivity (Wildman–Crippen MR) is 78.9 cm³/mol. The van der Waals surface area contributed by atoms with Crippen LogP contribution in [0.15, 0.2) is 30.7 Å². The summed E-state index contributed by atoms with van der Waals surface area (Å²) in [6.45, 7) is 3.98. The Morgan fingerprint density at radius 2 is 2.30 bits per heavy atom. The van der Waals surface area contributed by atoms with E-state index in [0.29, 0.717) is 11.3 Å². The van der Waals surface area contributed by atoms with Gasteiger partial charge in [0.15, 0.2) is 0 Å². The van der Waals surface area contributed by atoms with Crippen LogP contribution >= 0.6 is 11.3 Å². The van der Waals surface area contributed by atoms with E-state index in [2.05, 4.69) is 16.9 Å². The van der Waals surface area contributed by atoms with Crippen molar-refractivity contribution in [3.05, 3.63) is 46.2 Å². The molecule has 2 heterocycles. The number of rotatable bonds is 6. The summed E-state index contributed by atoms with van der Waals surface area (Å²) in [5, 5.41) is 0.986. The minimum Gasteiger partial charge on any atom is -0.458 e. The summed E-state index contributed by atoms with van der Waals surface area (Å²) in [4.78, 5) is 20.8. The van der Waals surface area contributed by atoms with Crippen LogP contribution in [0.5, 0.6) is 0 Å². The number of carbonyl (C=O) groups is 1. The number of carbonyl (C=O) groups excluding carboxylic acids is 1. The number of ether oxygens (including phenoxy) is 1. The Bertz CT molecular complexity index is 554. The van der Waals surface area contributed by atoms with Crippen molar-refractivity contribution in [2.75, 3.05) is 0 Å². The highest BCUT2D eigenvalue weighted by Gasteiger charge is 2.15. The summed E-state index contributed by atoms with van der Waals surface area (Å²) < 4.78 is 5.44. The van der Waals surface area contributed by atoms with Crippen molar-refractivity contribution in [3.63, 3.8) is 0 Å². The summed E-state index contributed by atoms with van der Waals surface area (Å²) in [5.41, 5.74) is 1.06. The summed E-state index contributed by atoms with van der Waals surface area (Å²) in [6.07, 6.45) is 7.55. The number of aromatic nitrogens is 2. The van der Waals surface area contributed by atoms with Gasteiger partial charge in [0.05, 0.1) is 11.2 Å². The molecule has 2 aromatic heterocycles. The molecule has 0 radical (unpaired) electrons. The average Bonchev–Trinajstić information content (AvgIpc) is 2.89. The van der Waals surface area contributed by atoms with Gasteiger partial charge in [-0.05, 0) is 31.4 Å². The van der Waals surface area contributed by atoms with E-state index in [1.807, 2.05) is 19.1 Å². The van der Waals surface area contributed by atoms with Crippen LogP contribution in [0.4, 0.5) is 0 Å². The predicted octanol–water partition coefficient (Wildman–Crippen LogP) is 3.28. The Morgan fingerprint density at radius 1 is 1.45 bits per heavy atom. The van der Waals surface area contributed by atoms with Gasteiger partial charge in [-0.2, -0.15) is 0 Å². The lowest BCUT2D eigenvalue weighted by Crippen LogP contribution is -2.16. The van der Waals surface area contributed by atoms with Crippen LogP contribution in [0.1, 0.15) is 40.5 Å². The average molecular weight is 290 g/mol. The van der Waals surface area contributed by atoms with E-state index >= 15 is 0 Å². The summed E-state index contributed by atoms with van der Waals surface area (Å²) >= 11 is 1.42. The number of nitrogens with zero attached hydrogens (tertiary/aromatic N) is 2. The molecule has 0 bridgehead atoms. The number of esters is 1. The van der Waals surface area contributed by atoms with Crippen LogP contribution in [0.25, 0.3) is 0 Å². The third-order valence-corrected chi connectivity index (χ3v) is 3.81. The number of aryl methyl sites for hydroxylation is 1. The van der Waals surface area contributed by atoms with Gasteiger partial charge in [0, 0.05) is 18.8 Å². The molecule has 2 rings (SSSR count). The van der Waals surface area contributed by atoms with Gasteiger partial charge in [0.2, 0.25) is 0 Å². The quantitative estimate of drug-likeness (QED) is 0.766. The molecule has 20 heavy (non-hydrogen) atoms. The number of hydrogen-bond donors (Lipinski definition) is 0. The van der Waals surface area contributed by atoms with E-state index in [-0.39, 0.29) is 12.1 Å². The Kier molecular flexibility index (Phi) is 5.24. The van der Waals surface area contributed by atoms with Crippen molar-refractivity contribution in [3.8, 4) is 0 Å². The molecule has 0 aromatic carbocycles. The summed E-state index contributed by atoms with van der Waals surface area (Å²) in [5.74, 6) is -0.291. The number of hydrogen-bond acceptors (Lipinski definition) is 5. The molecular formula is C15H18N2O2S. The van der Waals surface area contributed by atoms with Gasteiger partial charge in [-0.3, -0.25) is 4.98 Å². The van der Waals surface area contributed by atoms with E-state index in [4.69, 9.17) is 4.74 Å². The lowest BCUT2D eigenvalue weighted by molar-refractivity contribution is 0.0348. The fourth-order valence-corrected chi connectivity index (χ4v) is 2.77. The zero-order chi connectivity index (χ0) is 14.4. The van der Waals surface area contributed by atoms with Crippen molar-refractivity contribution in [1.82, 2.24) is 9.97 Å². The van der Waals surface area contributed by atoms with E-state index < -0.39 is 0 Å². The van der Waals surface area contributed by atoms with Crippen molar-refractivity contribution < 1.29 is 9.53 Å². The van der Waals surface area contributed by atoms with Crippen LogP contribution in [0.3, 0.4) is 0 Å². The Hall–Kier alpha value is -1.75. The minimum absolute atomic E-state index is 0.177. The highest BCUT2D eigenvalue weighted by Crippen LogP contribution is 2.17. The van der Waals surface area contributed by atoms with Gasteiger partial charge in [0.1, 0.15) is 11.0 Å². The molecule has 0 spiro atoms. The van der Waals surface area contributed by atoms with Gasteiger partial charge in [0.25, 0.3) is 0 Å². The van der Waals surface area contributed by atoms with Gasteiger partial charge in [-0.25, -0.2) is 9.78 Å². The van der Waals surface area contributed by atoms with Gasteiger partial charge < -0.3 is 4.74 Å². The van der Waals surface area contributed by atoms with Gasteiger partial charge in [-0.15, -0.1) is 11.3 Å². The van der Waals surface area contributed by atoms with Crippen LogP contribution in [0.2, 0.25) is 0 Å². The highest BCUT2D eigenvalue weighted by atomic mass is 32.1. The van der Waals surface area contributed by atoms with Gasteiger partial charge >= 0.3 is 5.97 Å².